The average molecular weight is 211 g/mol. The van der Waals surface area contributed by atoms with Gasteiger partial charge in [-0.05, 0) is 24.1 Å². The van der Waals surface area contributed by atoms with Crippen LogP contribution in [0.5, 0.6) is 0 Å². The zero-order chi connectivity index (χ0) is 11.3. The Morgan fingerprint density at radius 1 is 1.60 bits per heavy atom. The third-order valence-electron chi connectivity index (χ3n) is 2.16. The van der Waals surface area contributed by atoms with Crippen LogP contribution in [0.15, 0.2) is 24.3 Å². The Morgan fingerprint density at radius 3 is 2.87 bits per heavy atom. The predicted octanol–water partition coefficient (Wildman–Crippen LogP) is 1.95. The van der Waals surface area contributed by atoms with Crippen molar-refractivity contribution >= 4 is 5.97 Å². The van der Waals surface area contributed by atoms with Crippen molar-refractivity contribution in [2.45, 2.75) is 19.4 Å². The zero-order valence-corrected chi connectivity index (χ0v) is 8.53. The van der Waals surface area contributed by atoms with Crippen LogP contribution in [0.2, 0.25) is 0 Å². The van der Waals surface area contributed by atoms with E-state index >= 15 is 0 Å². The Labute approximate surface area is 87.9 Å². The molecule has 1 atom stereocenters. The fourth-order valence-electron chi connectivity index (χ4n) is 1.43. The molecule has 4 heteroatoms. The van der Waals surface area contributed by atoms with E-state index in [9.17, 15) is 9.18 Å². The Balaban J connectivity index is 2.69. The molecule has 0 aliphatic carbocycles. The average Bonchev–Trinajstić information content (AvgIpc) is 2.18. The van der Waals surface area contributed by atoms with Gasteiger partial charge < -0.3 is 10.4 Å². The minimum absolute atomic E-state index is 0.114. The molecule has 0 heterocycles. The summed E-state index contributed by atoms with van der Waals surface area (Å²) in [6, 6.07) is 6.08. The molecule has 2 N–H and O–H groups in total. The van der Waals surface area contributed by atoms with Gasteiger partial charge in [0, 0.05) is 6.04 Å². The molecule has 1 rings (SSSR count). The number of carbonyl (C=O) groups is 1. The molecule has 0 aliphatic rings. The minimum Gasteiger partial charge on any atom is -0.480 e. The molecule has 0 fully saturated rings. The second-order valence-electron chi connectivity index (χ2n) is 3.29. The number of halogens is 1. The van der Waals surface area contributed by atoms with Crippen molar-refractivity contribution in [3.05, 3.63) is 35.6 Å². The van der Waals surface area contributed by atoms with Crippen molar-refractivity contribution in [3.63, 3.8) is 0 Å². The lowest BCUT2D eigenvalue weighted by atomic mass is 10.0. The van der Waals surface area contributed by atoms with Gasteiger partial charge in [0.2, 0.25) is 0 Å². The molecule has 0 spiro atoms. The Bertz CT molecular complexity index is 341. The molecule has 1 unspecified atom stereocenters. The van der Waals surface area contributed by atoms with Gasteiger partial charge in [0.15, 0.2) is 0 Å². The quantitative estimate of drug-likeness (QED) is 0.782. The number of carboxylic acid groups (broad SMARTS) is 1. The lowest BCUT2D eigenvalue weighted by molar-refractivity contribution is -0.136. The van der Waals surface area contributed by atoms with Gasteiger partial charge in [-0.3, -0.25) is 4.79 Å². The fourth-order valence-corrected chi connectivity index (χ4v) is 1.43. The van der Waals surface area contributed by atoms with Gasteiger partial charge in [0.25, 0.3) is 0 Å². The molecular formula is C11H14FNO2. The van der Waals surface area contributed by atoms with E-state index in [0.717, 1.165) is 12.0 Å². The highest BCUT2D eigenvalue weighted by Crippen LogP contribution is 2.16. The highest BCUT2D eigenvalue weighted by Gasteiger charge is 2.10. The molecule has 3 nitrogen and oxygen atoms in total. The van der Waals surface area contributed by atoms with Crippen molar-refractivity contribution in [1.29, 1.82) is 0 Å². The molecule has 82 valence electrons. The van der Waals surface area contributed by atoms with Gasteiger partial charge in [-0.2, -0.15) is 0 Å². The second-order valence-corrected chi connectivity index (χ2v) is 3.29. The SMILES string of the molecule is CCC(NCC(=O)O)c1cccc(F)c1. The molecule has 0 aromatic heterocycles. The Hall–Kier alpha value is -1.42. The second kappa shape index (κ2) is 5.46. The van der Waals surface area contributed by atoms with Crippen molar-refractivity contribution in [3.8, 4) is 0 Å². The topological polar surface area (TPSA) is 49.3 Å². The molecule has 0 saturated heterocycles. The summed E-state index contributed by atoms with van der Waals surface area (Å²) >= 11 is 0. The summed E-state index contributed by atoms with van der Waals surface area (Å²) in [6.07, 6.45) is 0.719. The van der Waals surface area contributed by atoms with Crippen LogP contribution in [0.1, 0.15) is 24.9 Å². The molecule has 1 aromatic rings. The van der Waals surface area contributed by atoms with Gasteiger partial charge in [0.1, 0.15) is 5.82 Å². The van der Waals surface area contributed by atoms with Gasteiger partial charge in [0.05, 0.1) is 6.54 Å². The van der Waals surface area contributed by atoms with E-state index in [0.29, 0.717) is 0 Å². The van der Waals surface area contributed by atoms with E-state index < -0.39 is 5.97 Å². The monoisotopic (exact) mass is 211 g/mol. The summed E-state index contributed by atoms with van der Waals surface area (Å²) in [7, 11) is 0. The fraction of sp³-hybridized carbons (Fsp3) is 0.364. The van der Waals surface area contributed by atoms with Crippen LogP contribution in [-0.4, -0.2) is 17.6 Å². The Morgan fingerprint density at radius 2 is 2.33 bits per heavy atom. The third-order valence-corrected chi connectivity index (χ3v) is 2.16. The van der Waals surface area contributed by atoms with Crippen LogP contribution in [0.25, 0.3) is 0 Å². The van der Waals surface area contributed by atoms with Crippen LogP contribution in [0.3, 0.4) is 0 Å². The summed E-state index contributed by atoms with van der Waals surface area (Å²) in [6.45, 7) is 1.81. The first-order valence-electron chi connectivity index (χ1n) is 4.84. The lowest BCUT2D eigenvalue weighted by Gasteiger charge is -2.15. The number of aliphatic carboxylic acids is 1. The largest absolute Gasteiger partial charge is 0.480 e. The predicted molar refractivity (Wildman–Crippen MR) is 55.1 cm³/mol. The normalized spacial score (nSPS) is 12.4. The van der Waals surface area contributed by atoms with E-state index in [1.807, 2.05) is 6.92 Å². The standard InChI is InChI=1S/C11H14FNO2/c1-2-10(13-7-11(14)15)8-4-3-5-9(12)6-8/h3-6,10,13H,2,7H2,1H3,(H,14,15). The van der Waals surface area contributed by atoms with E-state index in [1.165, 1.54) is 12.1 Å². The summed E-state index contributed by atoms with van der Waals surface area (Å²) < 4.78 is 12.9. The van der Waals surface area contributed by atoms with Crippen molar-refractivity contribution in [1.82, 2.24) is 5.32 Å². The van der Waals surface area contributed by atoms with E-state index in [2.05, 4.69) is 5.32 Å². The summed E-state index contributed by atoms with van der Waals surface area (Å²) in [5, 5.41) is 11.4. The lowest BCUT2D eigenvalue weighted by Crippen LogP contribution is -2.27. The maximum Gasteiger partial charge on any atom is 0.317 e. The Kier molecular flexibility index (Phi) is 4.24. The van der Waals surface area contributed by atoms with Crippen LogP contribution < -0.4 is 5.32 Å². The van der Waals surface area contributed by atoms with E-state index in [4.69, 9.17) is 5.11 Å². The molecule has 0 bridgehead atoms. The number of hydrogen-bond acceptors (Lipinski definition) is 2. The first kappa shape index (κ1) is 11.7. The summed E-state index contributed by atoms with van der Waals surface area (Å²) in [5.41, 5.74) is 0.777. The minimum atomic E-state index is -0.912. The van der Waals surface area contributed by atoms with Crippen molar-refractivity contribution in [2.24, 2.45) is 0 Å². The molecule has 0 saturated carbocycles. The molecule has 0 aliphatic heterocycles. The molecule has 0 radical (unpaired) electrons. The number of benzene rings is 1. The zero-order valence-electron chi connectivity index (χ0n) is 8.53. The van der Waals surface area contributed by atoms with Crippen LogP contribution in [0, 0.1) is 5.82 Å². The highest BCUT2D eigenvalue weighted by atomic mass is 19.1. The number of hydrogen-bond donors (Lipinski definition) is 2. The molecular weight excluding hydrogens is 197 g/mol. The molecule has 15 heavy (non-hydrogen) atoms. The van der Waals surface area contributed by atoms with E-state index in [1.54, 1.807) is 12.1 Å². The first-order chi connectivity index (χ1) is 7.13. The third kappa shape index (κ3) is 3.67. The number of rotatable bonds is 5. The van der Waals surface area contributed by atoms with Gasteiger partial charge >= 0.3 is 5.97 Å². The van der Waals surface area contributed by atoms with Gasteiger partial charge in [-0.15, -0.1) is 0 Å². The number of carboxylic acids is 1. The molecule has 1 aromatic carbocycles. The highest BCUT2D eigenvalue weighted by molar-refractivity contribution is 5.69. The van der Waals surface area contributed by atoms with Crippen LogP contribution in [-0.2, 0) is 4.79 Å². The van der Waals surface area contributed by atoms with Crippen LogP contribution in [0.4, 0.5) is 4.39 Å². The van der Waals surface area contributed by atoms with Crippen molar-refractivity contribution in [2.75, 3.05) is 6.54 Å². The van der Waals surface area contributed by atoms with Gasteiger partial charge in [-0.1, -0.05) is 19.1 Å². The molecule has 0 amide bonds. The maximum atomic E-state index is 12.9. The maximum absolute atomic E-state index is 12.9. The van der Waals surface area contributed by atoms with Gasteiger partial charge in [-0.25, -0.2) is 4.39 Å². The van der Waals surface area contributed by atoms with E-state index in [-0.39, 0.29) is 18.4 Å². The first-order valence-corrected chi connectivity index (χ1v) is 4.84. The summed E-state index contributed by atoms with van der Waals surface area (Å²) in [5.74, 6) is -1.21. The smallest absolute Gasteiger partial charge is 0.317 e. The van der Waals surface area contributed by atoms with Crippen LogP contribution >= 0.6 is 0 Å². The van der Waals surface area contributed by atoms with Crippen molar-refractivity contribution < 1.29 is 14.3 Å². The number of nitrogens with one attached hydrogen (secondary N) is 1. The summed E-state index contributed by atoms with van der Waals surface area (Å²) in [4.78, 5) is 10.4.